The fourth-order valence-electron chi connectivity index (χ4n) is 2.88. The molecule has 0 aliphatic heterocycles. The average molecular weight is 280 g/mol. The summed E-state index contributed by atoms with van der Waals surface area (Å²) in [4.78, 5) is 0. The van der Waals surface area contributed by atoms with Crippen LogP contribution in [0, 0.1) is 11.8 Å². The molecule has 1 fully saturated rings. The zero-order chi connectivity index (χ0) is 13.9. The Morgan fingerprint density at radius 1 is 1.26 bits per heavy atom. The molecule has 110 valence electrons. The van der Waals surface area contributed by atoms with Gasteiger partial charge in [-0.05, 0) is 25.2 Å². The van der Waals surface area contributed by atoms with Crippen molar-refractivity contribution in [2.45, 2.75) is 31.0 Å². The molecular formula is C13H19F3O3. The van der Waals surface area contributed by atoms with Crippen LogP contribution in [0.15, 0.2) is 12.2 Å². The molecule has 0 radical (unpaired) electrons. The number of ether oxygens (including phenoxy) is 3. The number of hydrogen-bond donors (Lipinski definition) is 0. The van der Waals surface area contributed by atoms with E-state index in [0.717, 1.165) is 0 Å². The van der Waals surface area contributed by atoms with Crippen LogP contribution >= 0.6 is 0 Å². The molecule has 3 atom stereocenters. The van der Waals surface area contributed by atoms with Crippen LogP contribution in [0.5, 0.6) is 0 Å². The molecule has 0 saturated heterocycles. The molecule has 6 heteroatoms. The van der Waals surface area contributed by atoms with Gasteiger partial charge in [-0.3, -0.25) is 0 Å². The third-order valence-electron chi connectivity index (χ3n) is 3.97. The Hall–Kier alpha value is -0.590. The van der Waals surface area contributed by atoms with Gasteiger partial charge >= 0.3 is 6.18 Å². The third kappa shape index (κ3) is 2.95. The predicted octanol–water partition coefficient (Wildman–Crippen LogP) is 2.91. The lowest BCUT2D eigenvalue weighted by Crippen LogP contribution is -2.54. The summed E-state index contributed by atoms with van der Waals surface area (Å²) < 4.78 is 55.1. The quantitative estimate of drug-likeness (QED) is 0.425. The molecule has 2 bridgehead atoms. The minimum Gasteiger partial charge on any atom is -0.382 e. The first-order chi connectivity index (χ1) is 8.99. The minimum atomic E-state index is -4.37. The summed E-state index contributed by atoms with van der Waals surface area (Å²) in [6, 6.07) is 0. The lowest BCUT2D eigenvalue weighted by atomic mass is 9.74. The zero-order valence-corrected chi connectivity index (χ0v) is 10.9. The second kappa shape index (κ2) is 5.81. The van der Waals surface area contributed by atoms with Crippen molar-refractivity contribution < 1.29 is 27.4 Å². The first-order valence-corrected chi connectivity index (χ1v) is 6.45. The number of methoxy groups -OCH3 is 1. The van der Waals surface area contributed by atoms with E-state index < -0.39 is 17.7 Å². The van der Waals surface area contributed by atoms with Crippen LogP contribution < -0.4 is 0 Å². The van der Waals surface area contributed by atoms with Crippen LogP contribution in [0.25, 0.3) is 0 Å². The lowest BCUT2D eigenvalue weighted by Gasteiger charge is -2.43. The minimum absolute atomic E-state index is 0.00642. The van der Waals surface area contributed by atoms with E-state index in [0.29, 0.717) is 19.4 Å². The highest BCUT2D eigenvalue weighted by Gasteiger charge is 2.62. The molecule has 2 aliphatic rings. The summed E-state index contributed by atoms with van der Waals surface area (Å²) in [7, 11) is 1.51. The van der Waals surface area contributed by atoms with E-state index in [2.05, 4.69) is 0 Å². The smallest absolute Gasteiger partial charge is 0.382 e. The molecule has 1 saturated carbocycles. The fraction of sp³-hybridized carbons (Fsp3) is 0.846. The molecule has 0 amide bonds. The van der Waals surface area contributed by atoms with Crippen molar-refractivity contribution in [3.63, 3.8) is 0 Å². The van der Waals surface area contributed by atoms with Gasteiger partial charge in [-0.2, -0.15) is 13.2 Å². The van der Waals surface area contributed by atoms with Crippen molar-refractivity contribution in [1.29, 1.82) is 0 Å². The molecule has 2 rings (SSSR count). The van der Waals surface area contributed by atoms with Crippen molar-refractivity contribution in [2.75, 3.05) is 27.1 Å². The molecule has 2 aliphatic carbocycles. The van der Waals surface area contributed by atoms with E-state index in [1.165, 1.54) is 7.11 Å². The topological polar surface area (TPSA) is 27.7 Å². The van der Waals surface area contributed by atoms with Gasteiger partial charge in [-0.1, -0.05) is 12.2 Å². The largest absolute Gasteiger partial charge is 0.418 e. The number of alkyl halides is 3. The summed E-state index contributed by atoms with van der Waals surface area (Å²) in [5.41, 5.74) is -2.08. The molecule has 3 nitrogen and oxygen atoms in total. The fourth-order valence-corrected chi connectivity index (χ4v) is 2.88. The monoisotopic (exact) mass is 280 g/mol. The van der Waals surface area contributed by atoms with E-state index in [4.69, 9.17) is 14.2 Å². The second-order valence-corrected chi connectivity index (χ2v) is 5.08. The van der Waals surface area contributed by atoms with Gasteiger partial charge in [-0.15, -0.1) is 0 Å². The molecule has 0 heterocycles. The van der Waals surface area contributed by atoms with Crippen molar-refractivity contribution in [3.05, 3.63) is 12.2 Å². The standard InChI is InChI=1S/C13H19F3O3/c1-17-6-7-18-9-19-12(13(14,15)16)5-4-10-2-3-11(12)8-10/h2-3,10-11H,4-9H2,1H3. The SMILES string of the molecule is COCCOCOC1(C(F)(F)F)CCC2C=CC1C2. The zero-order valence-electron chi connectivity index (χ0n) is 10.9. The van der Waals surface area contributed by atoms with Gasteiger partial charge in [0.2, 0.25) is 0 Å². The maximum Gasteiger partial charge on any atom is 0.418 e. The first-order valence-electron chi connectivity index (χ1n) is 6.45. The highest BCUT2D eigenvalue weighted by atomic mass is 19.4. The highest BCUT2D eigenvalue weighted by Crippen LogP contribution is 2.52. The van der Waals surface area contributed by atoms with Gasteiger partial charge in [0.25, 0.3) is 0 Å². The molecule has 0 spiro atoms. The summed E-state index contributed by atoms with van der Waals surface area (Å²) in [6.07, 6.45) is 0.212. The predicted molar refractivity (Wildman–Crippen MR) is 62.5 cm³/mol. The summed E-state index contributed by atoms with van der Waals surface area (Å²) in [5.74, 6) is -0.309. The molecule has 3 unspecified atom stereocenters. The maximum atomic E-state index is 13.4. The van der Waals surface area contributed by atoms with Crippen LogP contribution in [0.3, 0.4) is 0 Å². The van der Waals surface area contributed by atoms with Crippen molar-refractivity contribution in [3.8, 4) is 0 Å². The van der Waals surface area contributed by atoms with Crippen molar-refractivity contribution >= 4 is 0 Å². The Labute approximate surface area is 110 Å². The van der Waals surface area contributed by atoms with Gasteiger partial charge < -0.3 is 14.2 Å². The van der Waals surface area contributed by atoms with Gasteiger partial charge in [-0.25, -0.2) is 0 Å². The van der Waals surface area contributed by atoms with Gasteiger partial charge in [0.05, 0.1) is 13.2 Å². The third-order valence-corrected chi connectivity index (χ3v) is 3.97. The number of fused-ring (bicyclic) bond motifs is 2. The van der Waals surface area contributed by atoms with Crippen LogP contribution in [0.2, 0.25) is 0 Å². The number of hydrogen-bond acceptors (Lipinski definition) is 3. The normalized spacial score (nSPS) is 33.9. The molecule has 19 heavy (non-hydrogen) atoms. The van der Waals surface area contributed by atoms with E-state index in [-0.39, 0.29) is 25.7 Å². The Balaban J connectivity index is 1.98. The Morgan fingerprint density at radius 2 is 2.05 bits per heavy atom. The van der Waals surface area contributed by atoms with Crippen LogP contribution in [0.4, 0.5) is 13.2 Å². The second-order valence-electron chi connectivity index (χ2n) is 5.08. The number of rotatable bonds is 6. The Bertz CT molecular complexity index is 330. The molecule has 0 aromatic rings. The van der Waals surface area contributed by atoms with Crippen molar-refractivity contribution in [1.82, 2.24) is 0 Å². The molecular weight excluding hydrogens is 261 g/mol. The molecule has 0 N–H and O–H groups in total. The van der Waals surface area contributed by atoms with E-state index in [9.17, 15) is 13.2 Å². The van der Waals surface area contributed by atoms with E-state index in [1.807, 2.05) is 6.08 Å². The van der Waals surface area contributed by atoms with E-state index in [1.54, 1.807) is 6.08 Å². The van der Waals surface area contributed by atoms with E-state index >= 15 is 0 Å². The Kier molecular flexibility index (Phi) is 4.53. The molecule has 0 aromatic carbocycles. The number of allylic oxidation sites excluding steroid dienone is 1. The van der Waals surface area contributed by atoms with Crippen LogP contribution in [0.1, 0.15) is 19.3 Å². The van der Waals surface area contributed by atoms with Crippen LogP contribution in [-0.4, -0.2) is 38.9 Å². The Morgan fingerprint density at radius 3 is 2.74 bits per heavy atom. The number of halogens is 3. The summed E-state index contributed by atoms with van der Waals surface area (Å²) in [5, 5.41) is 0. The van der Waals surface area contributed by atoms with Crippen molar-refractivity contribution in [2.24, 2.45) is 11.8 Å². The van der Waals surface area contributed by atoms with Gasteiger partial charge in [0, 0.05) is 13.0 Å². The van der Waals surface area contributed by atoms with Gasteiger partial charge in [0.15, 0.2) is 5.60 Å². The highest BCUT2D eigenvalue weighted by molar-refractivity contribution is 5.15. The van der Waals surface area contributed by atoms with Crippen LogP contribution in [-0.2, 0) is 14.2 Å². The summed E-state index contributed by atoms with van der Waals surface area (Å²) in [6.45, 7) is 0.221. The first kappa shape index (κ1) is 14.8. The molecule has 0 aromatic heterocycles. The maximum absolute atomic E-state index is 13.4. The lowest BCUT2D eigenvalue weighted by molar-refractivity contribution is -0.319. The average Bonchev–Trinajstić information content (AvgIpc) is 2.74. The summed E-state index contributed by atoms with van der Waals surface area (Å²) >= 11 is 0. The van der Waals surface area contributed by atoms with Gasteiger partial charge in [0.1, 0.15) is 6.79 Å².